The number of Topliss-reactive ketones (excluding diaryl/α,β-unsaturated/α-hetero) is 1. The van der Waals surface area contributed by atoms with E-state index in [0.717, 1.165) is 31.4 Å². The molecule has 146 valence electrons. The van der Waals surface area contributed by atoms with Gasteiger partial charge in [0.05, 0.1) is 0 Å². The Hall–Kier alpha value is -1.91. The first-order valence-corrected chi connectivity index (χ1v) is 10.1. The van der Waals surface area contributed by atoms with E-state index in [0.29, 0.717) is 36.4 Å². The largest absolute Gasteiger partial charge is 0.462 e. The molecule has 0 aromatic carbocycles. The molecule has 1 unspecified atom stereocenters. The van der Waals surface area contributed by atoms with Gasteiger partial charge in [0.25, 0.3) is 0 Å². The summed E-state index contributed by atoms with van der Waals surface area (Å²) in [7, 11) is 0. The third kappa shape index (κ3) is 3.05. The zero-order chi connectivity index (χ0) is 19.3. The highest BCUT2D eigenvalue weighted by Crippen LogP contribution is 2.60. The molecule has 0 saturated heterocycles. The summed E-state index contributed by atoms with van der Waals surface area (Å²) in [5.74, 6) is 1.79. The Morgan fingerprint density at radius 1 is 1.15 bits per heavy atom. The lowest BCUT2D eigenvalue weighted by molar-refractivity contribution is -0.166. The van der Waals surface area contributed by atoms with E-state index in [1.54, 1.807) is 0 Å². The average Bonchev–Trinajstić information content (AvgIpc) is 2.88. The fourth-order valence-electron chi connectivity index (χ4n) is 6.35. The molecule has 2 saturated carbocycles. The van der Waals surface area contributed by atoms with Gasteiger partial charge in [-0.1, -0.05) is 13.0 Å². The van der Waals surface area contributed by atoms with Crippen LogP contribution in [0.1, 0.15) is 59.3 Å². The second-order valence-corrected chi connectivity index (χ2v) is 8.87. The third-order valence-electron chi connectivity index (χ3n) is 7.34. The first-order chi connectivity index (χ1) is 12.8. The SMILES string of the molecule is CC(=O)OC1=CC2=CC[C@@H]3[C@H](C(OC(C)=O)C[C@]4(C)C(=O)CC[C@@H]34)[C@H]2CC1. The number of allylic oxidation sites excluding steroid dienone is 4. The van der Waals surface area contributed by atoms with Crippen LogP contribution < -0.4 is 0 Å². The molecule has 27 heavy (non-hydrogen) atoms. The van der Waals surface area contributed by atoms with Gasteiger partial charge in [-0.25, -0.2) is 0 Å². The maximum atomic E-state index is 12.7. The van der Waals surface area contributed by atoms with Crippen molar-refractivity contribution in [2.75, 3.05) is 0 Å². The summed E-state index contributed by atoms with van der Waals surface area (Å²) in [4.78, 5) is 35.7. The number of rotatable bonds is 2. The van der Waals surface area contributed by atoms with Gasteiger partial charge in [0.2, 0.25) is 0 Å². The van der Waals surface area contributed by atoms with Crippen LogP contribution in [0.15, 0.2) is 23.5 Å². The van der Waals surface area contributed by atoms with Gasteiger partial charge >= 0.3 is 11.9 Å². The lowest BCUT2D eigenvalue weighted by Gasteiger charge is -2.53. The molecule has 5 heteroatoms. The van der Waals surface area contributed by atoms with Crippen LogP contribution in [0.2, 0.25) is 0 Å². The minimum absolute atomic E-state index is 0.215. The van der Waals surface area contributed by atoms with Crippen molar-refractivity contribution < 1.29 is 23.9 Å². The van der Waals surface area contributed by atoms with Crippen LogP contribution in [0.4, 0.5) is 0 Å². The maximum Gasteiger partial charge on any atom is 0.307 e. The molecular weight excluding hydrogens is 344 g/mol. The van der Waals surface area contributed by atoms with Gasteiger partial charge in [0, 0.05) is 38.0 Å². The van der Waals surface area contributed by atoms with Crippen molar-refractivity contribution >= 4 is 17.7 Å². The molecule has 6 atom stereocenters. The smallest absolute Gasteiger partial charge is 0.307 e. The number of esters is 2. The summed E-state index contributed by atoms with van der Waals surface area (Å²) in [6, 6.07) is 0. The number of ketones is 1. The predicted octanol–water partition coefficient (Wildman–Crippen LogP) is 3.73. The van der Waals surface area contributed by atoms with E-state index >= 15 is 0 Å². The van der Waals surface area contributed by atoms with E-state index in [2.05, 4.69) is 13.0 Å². The molecule has 0 radical (unpaired) electrons. The molecule has 4 rings (SSSR count). The average molecular weight is 372 g/mol. The summed E-state index contributed by atoms with van der Waals surface area (Å²) in [5.41, 5.74) is 0.837. The molecule has 0 spiro atoms. The van der Waals surface area contributed by atoms with Gasteiger partial charge in [0.1, 0.15) is 17.6 Å². The molecule has 0 heterocycles. The van der Waals surface area contributed by atoms with Gasteiger partial charge in [-0.05, 0) is 55.1 Å². The zero-order valence-corrected chi connectivity index (χ0v) is 16.3. The Balaban J connectivity index is 1.68. The van der Waals surface area contributed by atoms with Crippen LogP contribution in [-0.4, -0.2) is 23.8 Å². The van der Waals surface area contributed by atoms with Crippen molar-refractivity contribution in [3.05, 3.63) is 23.5 Å². The van der Waals surface area contributed by atoms with E-state index in [-0.39, 0.29) is 29.4 Å². The second kappa shape index (κ2) is 6.61. The molecule has 4 aliphatic rings. The lowest BCUT2D eigenvalue weighted by atomic mass is 9.52. The van der Waals surface area contributed by atoms with Gasteiger partial charge in [-0.3, -0.25) is 14.4 Å². The Kier molecular flexibility index (Phi) is 4.52. The number of ether oxygens (including phenoxy) is 2. The molecular formula is C22H28O5. The molecule has 4 aliphatic carbocycles. The second-order valence-electron chi connectivity index (χ2n) is 8.87. The van der Waals surface area contributed by atoms with Crippen molar-refractivity contribution in [2.45, 2.75) is 65.4 Å². The van der Waals surface area contributed by atoms with Crippen molar-refractivity contribution in [1.29, 1.82) is 0 Å². The highest BCUT2D eigenvalue weighted by Gasteiger charge is 2.59. The standard InChI is InChI=1S/C22H28O5/c1-12(23)26-15-5-7-16-14(10-15)4-6-17-18-8-9-20(25)22(18,3)11-19(21(16)17)27-13(2)24/h4,10,16-19,21H,5-9,11H2,1-3H3/t16-,17-,18-,19?,21+,22-/m0/s1. The van der Waals surface area contributed by atoms with Crippen LogP contribution >= 0.6 is 0 Å². The normalized spacial score (nSPS) is 40.1. The van der Waals surface area contributed by atoms with Crippen LogP contribution in [0, 0.1) is 29.1 Å². The molecule has 0 aromatic rings. The highest BCUT2D eigenvalue weighted by molar-refractivity contribution is 5.87. The fraction of sp³-hybridized carbons (Fsp3) is 0.682. The number of hydrogen-bond acceptors (Lipinski definition) is 5. The minimum Gasteiger partial charge on any atom is -0.462 e. The van der Waals surface area contributed by atoms with Crippen LogP contribution in [0.3, 0.4) is 0 Å². The van der Waals surface area contributed by atoms with Crippen LogP contribution in [0.5, 0.6) is 0 Å². The molecule has 0 amide bonds. The monoisotopic (exact) mass is 372 g/mol. The summed E-state index contributed by atoms with van der Waals surface area (Å²) in [6.45, 7) is 4.96. The number of hydrogen-bond donors (Lipinski definition) is 0. The van der Waals surface area contributed by atoms with Crippen molar-refractivity contribution in [2.24, 2.45) is 29.1 Å². The molecule has 5 nitrogen and oxygen atoms in total. The highest BCUT2D eigenvalue weighted by atomic mass is 16.5. The number of fused-ring (bicyclic) bond motifs is 5. The Labute approximate surface area is 160 Å². The summed E-state index contributed by atoms with van der Waals surface area (Å²) in [6.07, 6.45) is 8.79. The minimum atomic E-state index is -0.361. The number of carbonyl (C=O) groups is 3. The lowest BCUT2D eigenvalue weighted by Crippen LogP contribution is -2.53. The number of carbonyl (C=O) groups excluding carboxylic acids is 3. The van der Waals surface area contributed by atoms with E-state index in [4.69, 9.17) is 9.47 Å². The van der Waals surface area contributed by atoms with Crippen molar-refractivity contribution in [3.63, 3.8) is 0 Å². The molecule has 0 N–H and O–H groups in total. The van der Waals surface area contributed by atoms with E-state index in [9.17, 15) is 14.4 Å². The quantitative estimate of drug-likeness (QED) is 0.691. The Morgan fingerprint density at radius 2 is 1.93 bits per heavy atom. The van der Waals surface area contributed by atoms with E-state index < -0.39 is 0 Å². The fourth-order valence-corrected chi connectivity index (χ4v) is 6.35. The van der Waals surface area contributed by atoms with Gasteiger partial charge in [-0.15, -0.1) is 0 Å². The molecule has 0 aromatic heterocycles. The Morgan fingerprint density at radius 3 is 2.63 bits per heavy atom. The molecule has 2 fully saturated rings. The molecule has 0 bridgehead atoms. The Bertz CT molecular complexity index is 748. The predicted molar refractivity (Wildman–Crippen MR) is 98.3 cm³/mol. The van der Waals surface area contributed by atoms with E-state index in [1.807, 2.05) is 6.08 Å². The van der Waals surface area contributed by atoms with Gasteiger partial charge in [0.15, 0.2) is 0 Å². The van der Waals surface area contributed by atoms with E-state index in [1.165, 1.54) is 19.4 Å². The first kappa shape index (κ1) is 18.5. The summed E-state index contributed by atoms with van der Waals surface area (Å²) in [5, 5.41) is 0. The summed E-state index contributed by atoms with van der Waals surface area (Å²) < 4.78 is 11.1. The van der Waals surface area contributed by atoms with Crippen molar-refractivity contribution in [3.8, 4) is 0 Å². The summed E-state index contributed by atoms with van der Waals surface area (Å²) >= 11 is 0. The third-order valence-corrected chi connectivity index (χ3v) is 7.34. The van der Waals surface area contributed by atoms with Gasteiger partial charge < -0.3 is 9.47 Å². The van der Waals surface area contributed by atoms with Crippen molar-refractivity contribution in [1.82, 2.24) is 0 Å². The maximum absolute atomic E-state index is 12.7. The van der Waals surface area contributed by atoms with Crippen LogP contribution in [0.25, 0.3) is 0 Å². The van der Waals surface area contributed by atoms with Crippen LogP contribution in [-0.2, 0) is 23.9 Å². The molecule has 0 aliphatic heterocycles. The topological polar surface area (TPSA) is 69.7 Å². The van der Waals surface area contributed by atoms with Gasteiger partial charge in [-0.2, -0.15) is 0 Å². The first-order valence-electron chi connectivity index (χ1n) is 10.1. The zero-order valence-electron chi connectivity index (χ0n) is 16.3.